The standard InChI is InChI=1S/C7H8Cl2N2O2/c1-4(8)11-6(9)5(10-2)7(12)13-3/h2H2,1,3H3. The summed E-state index contributed by atoms with van der Waals surface area (Å²) in [6, 6.07) is 0. The van der Waals surface area contributed by atoms with E-state index in [1.54, 1.807) is 0 Å². The van der Waals surface area contributed by atoms with Gasteiger partial charge in [-0.05, 0) is 13.6 Å². The van der Waals surface area contributed by atoms with E-state index in [9.17, 15) is 4.79 Å². The molecule has 0 heterocycles. The van der Waals surface area contributed by atoms with Crippen LogP contribution in [0.25, 0.3) is 0 Å². The third-order valence-corrected chi connectivity index (χ3v) is 1.33. The van der Waals surface area contributed by atoms with E-state index in [0.717, 1.165) is 0 Å². The van der Waals surface area contributed by atoms with Crippen molar-refractivity contribution in [1.29, 1.82) is 0 Å². The van der Waals surface area contributed by atoms with Gasteiger partial charge in [-0.1, -0.05) is 23.2 Å². The molecule has 0 bridgehead atoms. The Kier molecular flexibility index (Phi) is 5.34. The van der Waals surface area contributed by atoms with Crippen molar-refractivity contribution in [3.8, 4) is 0 Å². The van der Waals surface area contributed by atoms with Gasteiger partial charge in [0.2, 0.25) is 0 Å². The lowest BCUT2D eigenvalue weighted by molar-refractivity contribution is -0.136. The highest BCUT2D eigenvalue weighted by Gasteiger charge is 2.12. The van der Waals surface area contributed by atoms with Crippen LogP contribution in [0.5, 0.6) is 0 Å². The van der Waals surface area contributed by atoms with Crippen LogP contribution in [0.15, 0.2) is 20.8 Å². The number of carbonyl (C=O) groups is 1. The molecule has 0 aromatic rings. The number of aliphatic imine (C=N–C) groups is 2. The zero-order valence-corrected chi connectivity index (χ0v) is 8.69. The summed E-state index contributed by atoms with van der Waals surface area (Å²) in [4.78, 5) is 17.9. The Labute approximate surface area is 85.9 Å². The number of halogens is 2. The van der Waals surface area contributed by atoms with Gasteiger partial charge in [-0.25, -0.2) is 9.79 Å². The van der Waals surface area contributed by atoms with Crippen LogP contribution in [0.4, 0.5) is 0 Å². The van der Waals surface area contributed by atoms with Crippen molar-refractivity contribution in [2.45, 2.75) is 6.92 Å². The van der Waals surface area contributed by atoms with Crippen LogP contribution in [-0.2, 0) is 9.53 Å². The minimum Gasteiger partial charge on any atom is -0.464 e. The summed E-state index contributed by atoms with van der Waals surface area (Å²) in [6.07, 6.45) is 0. The lowest BCUT2D eigenvalue weighted by Crippen LogP contribution is -2.03. The lowest BCUT2D eigenvalue weighted by atomic mass is 10.5. The monoisotopic (exact) mass is 222 g/mol. The summed E-state index contributed by atoms with van der Waals surface area (Å²) in [5, 5.41) is 0.0457. The number of ether oxygens (including phenoxy) is 1. The van der Waals surface area contributed by atoms with Gasteiger partial charge in [0.1, 0.15) is 5.17 Å². The van der Waals surface area contributed by atoms with Crippen molar-refractivity contribution in [3.05, 3.63) is 10.9 Å². The number of rotatable bonds is 3. The second-order valence-electron chi connectivity index (χ2n) is 1.90. The van der Waals surface area contributed by atoms with Crippen molar-refractivity contribution < 1.29 is 9.53 Å². The third kappa shape index (κ3) is 4.05. The molecule has 0 spiro atoms. The summed E-state index contributed by atoms with van der Waals surface area (Å²) in [5.41, 5.74) is -0.163. The van der Waals surface area contributed by atoms with E-state index < -0.39 is 5.97 Å². The van der Waals surface area contributed by atoms with Gasteiger partial charge in [0.15, 0.2) is 10.9 Å². The van der Waals surface area contributed by atoms with Crippen molar-refractivity contribution in [3.63, 3.8) is 0 Å². The molecule has 0 rings (SSSR count). The number of hydrogen-bond acceptors (Lipinski definition) is 4. The Hall–Kier alpha value is -0.870. The van der Waals surface area contributed by atoms with Crippen LogP contribution < -0.4 is 0 Å². The number of methoxy groups -OCH3 is 1. The fraction of sp³-hybridized carbons (Fsp3) is 0.286. The minimum atomic E-state index is -0.707. The second-order valence-corrected chi connectivity index (χ2v) is 2.80. The van der Waals surface area contributed by atoms with E-state index in [2.05, 4.69) is 21.4 Å². The van der Waals surface area contributed by atoms with Crippen LogP contribution in [0.3, 0.4) is 0 Å². The first-order valence-electron chi connectivity index (χ1n) is 3.18. The fourth-order valence-corrected chi connectivity index (χ4v) is 0.890. The molecule has 6 heteroatoms. The van der Waals surface area contributed by atoms with E-state index in [-0.39, 0.29) is 16.0 Å². The van der Waals surface area contributed by atoms with Crippen molar-refractivity contribution in [1.82, 2.24) is 0 Å². The SMILES string of the molecule is C=NC(C(=O)OC)=C(Cl)N=C(C)Cl. The Balaban J connectivity index is 5.01. The number of carbonyl (C=O) groups excluding carboxylic acids is 1. The second kappa shape index (κ2) is 5.72. The first-order valence-corrected chi connectivity index (χ1v) is 3.94. The van der Waals surface area contributed by atoms with Crippen molar-refractivity contribution in [2.75, 3.05) is 7.11 Å². The lowest BCUT2D eigenvalue weighted by Gasteiger charge is -1.99. The molecule has 0 unspecified atom stereocenters. The van der Waals surface area contributed by atoms with Crippen LogP contribution in [0.1, 0.15) is 6.92 Å². The maximum atomic E-state index is 11.0. The predicted octanol–water partition coefficient (Wildman–Crippen LogP) is 1.93. The van der Waals surface area contributed by atoms with Gasteiger partial charge >= 0.3 is 5.97 Å². The topological polar surface area (TPSA) is 51.0 Å². The molecule has 0 atom stereocenters. The van der Waals surface area contributed by atoms with Crippen LogP contribution in [0, 0.1) is 0 Å². The molecule has 0 aliphatic carbocycles. The molecule has 0 aromatic carbocycles. The molecule has 0 aromatic heterocycles. The quantitative estimate of drug-likeness (QED) is 0.317. The van der Waals surface area contributed by atoms with Crippen molar-refractivity contribution in [2.24, 2.45) is 9.98 Å². The Bertz CT molecular complexity index is 280. The van der Waals surface area contributed by atoms with Crippen LogP contribution in [-0.4, -0.2) is 25.0 Å². The molecule has 0 amide bonds. The number of nitrogens with zero attached hydrogens (tertiary/aromatic N) is 2. The average Bonchev–Trinajstić information content (AvgIpc) is 2.03. The highest BCUT2D eigenvalue weighted by atomic mass is 35.5. The predicted molar refractivity (Wildman–Crippen MR) is 53.4 cm³/mol. The van der Waals surface area contributed by atoms with Crippen LogP contribution >= 0.6 is 23.2 Å². The van der Waals surface area contributed by atoms with Crippen molar-refractivity contribution >= 4 is 41.1 Å². The normalized spacial score (nSPS) is 13.4. The van der Waals surface area contributed by atoms with Gasteiger partial charge in [-0.2, -0.15) is 0 Å². The number of esters is 1. The Morgan fingerprint density at radius 1 is 1.46 bits per heavy atom. The molecule has 13 heavy (non-hydrogen) atoms. The summed E-state index contributed by atoms with van der Waals surface area (Å²) < 4.78 is 4.38. The first kappa shape index (κ1) is 12.1. The summed E-state index contributed by atoms with van der Waals surface area (Å²) >= 11 is 11.0. The molecule has 0 aliphatic rings. The van der Waals surface area contributed by atoms with Gasteiger partial charge in [0, 0.05) is 0 Å². The van der Waals surface area contributed by atoms with E-state index in [0.29, 0.717) is 0 Å². The molecule has 0 fully saturated rings. The highest BCUT2D eigenvalue weighted by molar-refractivity contribution is 6.65. The van der Waals surface area contributed by atoms with Gasteiger partial charge in [-0.3, -0.25) is 4.99 Å². The Morgan fingerprint density at radius 3 is 2.31 bits per heavy atom. The molecular weight excluding hydrogens is 215 g/mol. The third-order valence-electron chi connectivity index (χ3n) is 0.984. The smallest absolute Gasteiger partial charge is 0.359 e. The molecule has 0 aliphatic heterocycles. The largest absolute Gasteiger partial charge is 0.464 e. The first-order chi connectivity index (χ1) is 6.02. The summed E-state index contributed by atoms with van der Waals surface area (Å²) in [6.45, 7) is 4.67. The summed E-state index contributed by atoms with van der Waals surface area (Å²) in [7, 11) is 1.20. The molecule has 4 nitrogen and oxygen atoms in total. The van der Waals surface area contributed by atoms with E-state index in [1.807, 2.05) is 0 Å². The van der Waals surface area contributed by atoms with Gasteiger partial charge < -0.3 is 4.74 Å². The van der Waals surface area contributed by atoms with Crippen LogP contribution in [0.2, 0.25) is 0 Å². The van der Waals surface area contributed by atoms with E-state index >= 15 is 0 Å². The zero-order chi connectivity index (χ0) is 10.4. The average molecular weight is 223 g/mol. The molecule has 0 radical (unpaired) electrons. The minimum absolute atomic E-state index is 0.144. The fourth-order valence-electron chi connectivity index (χ4n) is 0.499. The summed E-state index contributed by atoms with van der Waals surface area (Å²) in [5.74, 6) is -0.707. The molecular formula is C7H8Cl2N2O2. The molecule has 0 saturated heterocycles. The van der Waals surface area contributed by atoms with E-state index in [4.69, 9.17) is 23.2 Å². The maximum Gasteiger partial charge on any atom is 0.359 e. The maximum absolute atomic E-state index is 11.0. The van der Waals surface area contributed by atoms with Gasteiger partial charge in [-0.15, -0.1) is 0 Å². The van der Waals surface area contributed by atoms with E-state index in [1.165, 1.54) is 14.0 Å². The zero-order valence-electron chi connectivity index (χ0n) is 7.17. The molecule has 0 saturated carbocycles. The molecule has 0 N–H and O–H groups in total. The number of hydrogen-bond donors (Lipinski definition) is 0. The van der Waals surface area contributed by atoms with Gasteiger partial charge in [0.25, 0.3) is 0 Å². The Morgan fingerprint density at radius 2 is 2.00 bits per heavy atom. The highest BCUT2D eigenvalue weighted by Crippen LogP contribution is 2.14. The molecule has 72 valence electrons. The van der Waals surface area contributed by atoms with Gasteiger partial charge in [0.05, 0.1) is 7.11 Å².